The van der Waals surface area contributed by atoms with Crippen LogP contribution in [0.25, 0.3) is 11.0 Å². The molecule has 1 saturated carbocycles. The number of nitrogens with zero attached hydrogens (tertiary/aromatic N) is 3. The third kappa shape index (κ3) is 5.01. The summed E-state index contributed by atoms with van der Waals surface area (Å²) >= 11 is 12.3. The lowest BCUT2D eigenvalue weighted by molar-refractivity contribution is -0.0496. The van der Waals surface area contributed by atoms with Crippen molar-refractivity contribution < 1.29 is 26.7 Å². The van der Waals surface area contributed by atoms with Crippen molar-refractivity contribution in [2.45, 2.75) is 55.2 Å². The van der Waals surface area contributed by atoms with Crippen molar-refractivity contribution in [2.75, 3.05) is 13.1 Å². The van der Waals surface area contributed by atoms with Crippen LogP contribution in [0, 0.1) is 0 Å². The largest absolute Gasteiger partial charge is 0.511 e. The van der Waals surface area contributed by atoms with Gasteiger partial charge in [0, 0.05) is 35.1 Å². The van der Waals surface area contributed by atoms with Crippen LogP contribution < -0.4 is 0 Å². The Balaban J connectivity index is 1.46. The summed E-state index contributed by atoms with van der Waals surface area (Å²) in [7, 11) is -5.39. The van der Waals surface area contributed by atoms with Gasteiger partial charge in [0.1, 0.15) is 11.4 Å². The first-order valence-electron chi connectivity index (χ1n) is 13.7. The van der Waals surface area contributed by atoms with Crippen LogP contribution in [-0.2, 0) is 15.6 Å². The number of aliphatic hydroxyl groups is 1. The molecular formula is C30H28Cl2F3N3O3S. The molecule has 0 spiro atoms. The summed E-state index contributed by atoms with van der Waals surface area (Å²) < 4.78 is 66.3. The zero-order valence-corrected chi connectivity index (χ0v) is 24.7. The Labute approximate surface area is 251 Å². The molecule has 4 aromatic rings. The van der Waals surface area contributed by atoms with Gasteiger partial charge in [0.25, 0.3) is 0 Å². The van der Waals surface area contributed by atoms with Gasteiger partial charge >= 0.3 is 15.5 Å². The minimum Gasteiger partial charge on any atom is -0.376 e. The van der Waals surface area contributed by atoms with E-state index in [2.05, 4.69) is 4.57 Å². The first-order valence-corrected chi connectivity index (χ1v) is 15.9. The van der Waals surface area contributed by atoms with Crippen LogP contribution in [0.4, 0.5) is 13.2 Å². The molecule has 0 amide bonds. The fraction of sp³-hybridized carbons (Fsp3) is 0.367. The van der Waals surface area contributed by atoms with E-state index in [9.17, 15) is 26.7 Å². The van der Waals surface area contributed by atoms with Gasteiger partial charge in [-0.25, -0.2) is 13.4 Å². The molecule has 1 aliphatic heterocycles. The van der Waals surface area contributed by atoms with Crippen LogP contribution in [0.2, 0.25) is 10.0 Å². The van der Waals surface area contributed by atoms with Gasteiger partial charge in [0.15, 0.2) is 0 Å². The summed E-state index contributed by atoms with van der Waals surface area (Å²) in [4.78, 5) is 4.94. The van der Waals surface area contributed by atoms with Gasteiger partial charge in [-0.1, -0.05) is 60.0 Å². The fourth-order valence-corrected chi connectivity index (χ4v) is 7.28. The van der Waals surface area contributed by atoms with E-state index in [1.807, 2.05) is 18.2 Å². The van der Waals surface area contributed by atoms with Gasteiger partial charge in [-0.05, 0) is 78.8 Å². The molecule has 42 heavy (non-hydrogen) atoms. The van der Waals surface area contributed by atoms with Crippen molar-refractivity contribution in [3.8, 4) is 0 Å². The summed E-state index contributed by atoms with van der Waals surface area (Å²) in [6.45, 7) is -0.481. The molecule has 2 heterocycles. The van der Waals surface area contributed by atoms with Gasteiger partial charge in [-0.2, -0.15) is 17.5 Å². The van der Waals surface area contributed by atoms with E-state index in [0.29, 0.717) is 36.6 Å². The molecule has 6 nitrogen and oxygen atoms in total. The van der Waals surface area contributed by atoms with E-state index in [-0.39, 0.29) is 37.9 Å². The molecule has 0 radical (unpaired) electrons. The SMILES string of the molecule is O=S(=O)(N1CCC(n2c(C3CCC3)nc3ccc(C(O)(c4ccc(Cl)cc4)c4ccc(Cl)cc4)cc32)CC1)C(F)(F)F. The van der Waals surface area contributed by atoms with Crippen molar-refractivity contribution in [1.29, 1.82) is 0 Å². The molecule has 0 atom stereocenters. The van der Waals surface area contributed by atoms with Gasteiger partial charge in [0.2, 0.25) is 0 Å². The molecule has 1 saturated heterocycles. The second-order valence-corrected chi connectivity index (χ2v) is 13.8. The molecule has 2 aliphatic rings. The third-order valence-electron chi connectivity index (χ3n) is 8.55. The number of imidazole rings is 1. The average Bonchev–Trinajstić information content (AvgIpc) is 3.29. The Bertz CT molecular complexity index is 1670. The number of alkyl halides is 3. The maximum absolute atomic E-state index is 13.2. The number of hydrogen-bond acceptors (Lipinski definition) is 4. The molecular weight excluding hydrogens is 610 g/mol. The third-order valence-corrected chi connectivity index (χ3v) is 10.7. The lowest BCUT2D eigenvalue weighted by Gasteiger charge is -2.35. The van der Waals surface area contributed by atoms with E-state index in [1.165, 1.54) is 0 Å². The molecule has 0 bridgehead atoms. The molecule has 1 N–H and O–H groups in total. The summed E-state index contributed by atoms with van der Waals surface area (Å²) in [5.41, 5.74) is -3.72. The summed E-state index contributed by atoms with van der Waals surface area (Å²) in [5, 5.41) is 13.5. The highest BCUT2D eigenvalue weighted by Crippen LogP contribution is 2.43. The van der Waals surface area contributed by atoms with Crippen molar-refractivity contribution in [3.63, 3.8) is 0 Å². The second kappa shape index (κ2) is 10.8. The number of sulfonamides is 1. The van der Waals surface area contributed by atoms with E-state index in [1.54, 1.807) is 48.5 Å². The number of hydrogen-bond donors (Lipinski definition) is 1. The number of piperidine rings is 1. The maximum atomic E-state index is 13.2. The van der Waals surface area contributed by atoms with Crippen LogP contribution in [0.1, 0.15) is 66.6 Å². The highest BCUT2D eigenvalue weighted by Gasteiger charge is 2.50. The van der Waals surface area contributed by atoms with Gasteiger partial charge in [-0.3, -0.25) is 0 Å². The van der Waals surface area contributed by atoms with Crippen LogP contribution in [0.5, 0.6) is 0 Å². The Hall–Kier alpha value is -2.63. The zero-order valence-electron chi connectivity index (χ0n) is 22.4. The predicted octanol–water partition coefficient (Wildman–Crippen LogP) is 7.38. The van der Waals surface area contributed by atoms with E-state index < -0.39 is 21.1 Å². The number of fused-ring (bicyclic) bond motifs is 1. The Morgan fingerprint density at radius 3 is 1.81 bits per heavy atom. The molecule has 3 aromatic carbocycles. The molecule has 6 rings (SSSR count). The quantitative estimate of drug-likeness (QED) is 0.224. The van der Waals surface area contributed by atoms with Crippen molar-refractivity contribution in [1.82, 2.24) is 13.9 Å². The molecule has 1 aromatic heterocycles. The number of halogens is 5. The van der Waals surface area contributed by atoms with Crippen molar-refractivity contribution >= 4 is 44.3 Å². The van der Waals surface area contributed by atoms with Gasteiger partial charge in [-0.15, -0.1) is 0 Å². The summed E-state index contributed by atoms with van der Waals surface area (Å²) in [5.74, 6) is 1.07. The topological polar surface area (TPSA) is 75.4 Å². The lowest BCUT2D eigenvalue weighted by atomic mass is 9.80. The molecule has 1 aliphatic carbocycles. The Kier molecular flexibility index (Phi) is 7.59. The zero-order chi connectivity index (χ0) is 29.9. The highest BCUT2D eigenvalue weighted by molar-refractivity contribution is 7.90. The fourth-order valence-electron chi connectivity index (χ4n) is 6.04. The minimum absolute atomic E-state index is 0.212. The van der Waals surface area contributed by atoms with E-state index >= 15 is 0 Å². The highest BCUT2D eigenvalue weighted by atomic mass is 35.5. The first-order chi connectivity index (χ1) is 19.9. The molecule has 12 heteroatoms. The standard InChI is InChI=1S/C30H28Cl2F3N3O3S/c31-23-9-4-20(5-10-23)29(39,21-6-11-24(32)12-7-21)22-8-13-26-27(18-22)38(28(36-26)19-2-1-3-19)25-14-16-37(17-15-25)42(40,41)30(33,34)35/h4-13,18-19,25,39H,1-3,14-17H2. The summed E-state index contributed by atoms with van der Waals surface area (Å²) in [6.07, 6.45) is 3.40. The number of aromatic nitrogens is 2. The Morgan fingerprint density at radius 1 is 0.810 bits per heavy atom. The Morgan fingerprint density at radius 2 is 1.33 bits per heavy atom. The molecule has 0 unspecified atom stereocenters. The van der Waals surface area contributed by atoms with Crippen LogP contribution in [0.15, 0.2) is 66.7 Å². The molecule has 222 valence electrons. The van der Waals surface area contributed by atoms with Crippen molar-refractivity contribution in [3.05, 3.63) is 99.3 Å². The van der Waals surface area contributed by atoms with Crippen LogP contribution in [-0.4, -0.2) is 46.0 Å². The summed E-state index contributed by atoms with van der Waals surface area (Å²) in [6, 6.07) is 19.2. The normalized spacial score (nSPS) is 18.0. The predicted molar refractivity (Wildman–Crippen MR) is 156 cm³/mol. The van der Waals surface area contributed by atoms with E-state index in [4.69, 9.17) is 28.2 Å². The number of benzene rings is 3. The average molecular weight is 639 g/mol. The first kappa shape index (κ1) is 29.4. The smallest absolute Gasteiger partial charge is 0.376 e. The maximum Gasteiger partial charge on any atom is 0.511 e. The van der Waals surface area contributed by atoms with Gasteiger partial charge < -0.3 is 9.67 Å². The van der Waals surface area contributed by atoms with Crippen LogP contribution >= 0.6 is 23.2 Å². The van der Waals surface area contributed by atoms with Gasteiger partial charge in [0.05, 0.1) is 11.0 Å². The monoisotopic (exact) mass is 637 g/mol. The van der Waals surface area contributed by atoms with Crippen LogP contribution in [0.3, 0.4) is 0 Å². The minimum atomic E-state index is -5.39. The second-order valence-electron chi connectivity index (χ2n) is 11.0. The van der Waals surface area contributed by atoms with E-state index in [0.717, 1.165) is 30.6 Å². The van der Waals surface area contributed by atoms with Crippen molar-refractivity contribution in [2.24, 2.45) is 0 Å². The molecule has 2 fully saturated rings. The number of rotatable bonds is 6. The lowest BCUT2D eigenvalue weighted by Crippen LogP contribution is -2.45.